The third-order valence-corrected chi connectivity index (χ3v) is 5.92. The van der Waals surface area contributed by atoms with Gasteiger partial charge < -0.3 is 15.6 Å². The molecule has 4 rings (SSSR count). The van der Waals surface area contributed by atoms with E-state index in [4.69, 9.17) is 16.7 Å². The van der Waals surface area contributed by atoms with Crippen molar-refractivity contribution in [1.29, 1.82) is 0 Å². The van der Waals surface area contributed by atoms with Crippen LogP contribution in [0.15, 0.2) is 85.1 Å². The van der Waals surface area contributed by atoms with Crippen molar-refractivity contribution in [3.8, 4) is 11.1 Å². The highest BCUT2D eigenvalue weighted by atomic mass is 35.5. The zero-order chi connectivity index (χ0) is 25.8. The predicted octanol–water partition coefficient (Wildman–Crippen LogP) is 5.58. The van der Waals surface area contributed by atoms with Crippen molar-refractivity contribution in [2.45, 2.75) is 12.3 Å². The van der Waals surface area contributed by atoms with Crippen molar-refractivity contribution in [3.05, 3.63) is 124 Å². The Morgan fingerprint density at radius 1 is 0.972 bits per heavy atom. The Balaban J connectivity index is 1.69. The summed E-state index contributed by atoms with van der Waals surface area (Å²) in [5, 5.41) is 24.5. The van der Waals surface area contributed by atoms with Crippen molar-refractivity contribution in [3.63, 3.8) is 0 Å². The van der Waals surface area contributed by atoms with Gasteiger partial charge in [-0.25, -0.2) is 13.6 Å². The number of halogens is 3. The van der Waals surface area contributed by atoms with Crippen LogP contribution in [-0.4, -0.2) is 17.0 Å². The average molecular weight is 509 g/mol. The van der Waals surface area contributed by atoms with Gasteiger partial charge in [0.25, 0.3) is 0 Å². The first-order valence-electron chi connectivity index (χ1n) is 10.8. The molecular formula is C27H19ClF2N2O4. The van der Waals surface area contributed by atoms with Gasteiger partial charge in [-0.1, -0.05) is 41.9 Å². The molecule has 36 heavy (non-hydrogen) atoms. The van der Waals surface area contributed by atoms with E-state index >= 15 is 0 Å². The molecule has 0 saturated carbocycles. The highest BCUT2D eigenvalue weighted by Crippen LogP contribution is 2.31. The van der Waals surface area contributed by atoms with Crippen LogP contribution >= 0.6 is 11.6 Å². The summed E-state index contributed by atoms with van der Waals surface area (Å²) < 4.78 is 29.2. The Kier molecular flexibility index (Phi) is 7.26. The first kappa shape index (κ1) is 24.8. The van der Waals surface area contributed by atoms with Crippen molar-refractivity contribution < 1.29 is 28.2 Å². The van der Waals surface area contributed by atoms with Gasteiger partial charge >= 0.3 is 5.97 Å². The molecule has 4 aromatic rings. The van der Waals surface area contributed by atoms with Crippen LogP contribution in [0.5, 0.6) is 0 Å². The van der Waals surface area contributed by atoms with Gasteiger partial charge in [0.15, 0.2) is 12.0 Å². The summed E-state index contributed by atoms with van der Waals surface area (Å²) >= 11 is 5.78. The van der Waals surface area contributed by atoms with E-state index in [0.717, 1.165) is 23.9 Å². The van der Waals surface area contributed by atoms with Crippen LogP contribution in [0.3, 0.4) is 0 Å². The summed E-state index contributed by atoms with van der Waals surface area (Å²) in [6, 6.07) is 19.4. The van der Waals surface area contributed by atoms with Crippen LogP contribution in [0.25, 0.3) is 11.1 Å². The Morgan fingerprint density at radius 2 is 1.67 bits per heavy atom. The molecule has 0 aliphatic rings. The van der Waals surface area contributed by atoms with E-state index in [1.807, 2.05) is 18.2 Å². The Labute approximate surface area is 210 Å². The van der Waals surface area contributed by atoms with Gasteiger partial charge in [-0.15, -0.1) is 0 Å². The third-order valence-electron chi connectivity index (χ3n) is 5.63. The Bertz CT molecular complexity index is 1430. The third kappa shape index (κ3) is 5.34. The molecule has 6 nitrogen and oxygen atoms in total. The van der Waals surface area contributed by atoms with Gasteiger partial charge in [0.05, 0.1) is 21.7 Å². The molecule has 0 aliphatic heterocycles. The number of amides is 1. The van der Waals surface area contributed by atoms with Crippen LogP contribution < -0.4 is 10.0 Å². The van der Waals surface area contributed by atoms with Gasteiger partial charge in [-0.2, -0.15) is 4.73 Å². The van der Waals surface area contributed by atoms with Crippen LogP contribution in [0.1, 0.15) is 27.5 Å². The highest BCUT2D eigenvalue weighted by Gasteiger charge is 2.29. The summed E-state index contributed by atoms with van der Waals surface area (Å²) in [6.07, 6.45) is 1.17. The molecular weight excluding hydrogens is 490 g/mol. The molecule has 1 heterocycles. The quantitative estimate of drug-likeness (QED) is 0.193. The number of rotatable bonds is 7. The van der Waals surface area contributed by atoms with Crippen LogP contribution in [0, 0.1) is 16.8 Å². The fourth-order valence-electron chi connectivity index (χ4n) is 3.81. The van der Waals surface area contributed by atoms with Crippen molar-refractivity contribution >= 4 is 29.2 Å². The first-order chi connectivity index (χ1) is 17.2. The van der Waals surface area contributed by atoms with Crippen molar-refractivity contribution in [2.75, 3.05) is 5.32 Å². The number of carbonyl (C=O) groups is 2. The number of benzene rings is 3. The summed E-state index contributed by atoms with van der Waals surface area (Å²) in [5.41, 5.74) is 0.776. The van der Waals surface area contributed by atoms with Gasteiger partial charge in [0, 0.05) is 11.8 Å². The minimum atomic E-state index is -1.10. The highest BCUT2D eigenvalue weighted by molar-refractivity contribution is 6.31. The van der Waals surface area contributed by atoms with E-state index in [0.29, 0.717) is 10.4 Å². The van der Waals surface area contributed by atoms with Crippen molar-refractivity contribution in [1.82, 2.24) is 0 Å². The summed E-state index contributed by atoms with van der Waals surface area (Å²) in [4.78, 5) is 24.4. The van der Waals surface area contributed by atoms with E-state index in [9.17, 15) is 23.6 Å². The molecule has 1 unspecified atom stereocenters. The molecule has 9 heteroatoms. The summed E-state index contributed by atoms with van der Waals surface area (Å²) in [5.74, 6) is -4.46. The fraction of sp³-hybridized carbons (Fsp3) is 0.0741. The molecule has 182 valence electrons. The predicted molar refractivity (Wildman–Crippen MR) is 131 cm³/mol. The molecule has 1 amide bonds. The summed E-state index contributed by atoms with van der Waals surface area (Å²) in [7, 11) is 0. The number of hydrogen-bond donors (Lipinski definition) is 2. The zero-order valence-electron chi connectivity index (χ0n) is 18.6. The molecule has 1 aromatic heterocycles. The van der Waals surface area contributed by atoms with Gasteiger partial charge in [-0.05, 0) is 54.4 Å². The Morgan fingerprint density at radius 3 is 2.31 bits per heavy atom. The van der Waals surface area contributed by atoms with Crippen LogP contribution in [0.2, 0.25) is 5.02 Å². The van der Waals surface area contributed by atoms with E-state index in [1.165, 1.54) is 36.4 Å². The van der Waals surface area contributed by atoms with E-state index in [1.54, 1.807) is 12.1 Å². The molecule has 1 atom stereocenters. The largest absolute Gasteiger partial charge is 0.618 e. The molecule has 0 bridgehead atoms. The maximum atomic E-state index is 14.5. The number of nitrogens with zero attached hydrogens (tertiary/aromatic N) is 1. The second-order valence-electron chi connectivity index (χ2n) is 8.00. The monoisotopic (exact) mass is 508 g/mol. The fourth-order valence-corrected chi connectivity index (χ4v) is 3.97. The number of hydrogen-bond acceptors (Lipinski definition) is 3. The first-order valence-corrected chi connectivity index (χ1v) is 11.2. The maximum Gasteiger partial charge on any atom is 0.335 e. The molecule has 0 spiro atoms. The lowest BCUT2D eigenvalue weighted by molar-refractivity contribution is -0.614. The summed E-state index contributed by atoms with van der Waals surface area (Å²) in [6.45, 7) is 0. The normalized spacial score (nSPS) is 11.6. The lowest BCUT2D eigenvalue weighted by Crippen LogP contribution is -2.38. The molecule has 0 fully saturated rings. The van der Waals surface area contributed by atoms with Gasteiger partial charge in [0.2, 0.25) is 11.6 Å². The number of nitrogens with one attached hydrogen (secondary N) is 1. The SMILES string of the molecule is O=C(O)c1ccc(NC(=O)C(Cc2ccccc2)c2ccc(-c3c(F)ccc(Cl)c3F)c[n+]2[O-])cc1. The lowest BCUT2D eigenvalue weighted by atomic mass is 9.93. The second kappa shape index (κ2) is 10.5. The molecule has 0 aliphatic carbocycles. The topological polar surface area (TPSA) is 93.3 Å². The van der Waals surface area contributed by atoms with E-state index in [-0.39, 0.29) is 28.3 Å². The second-order valence-corrected chi connectivity index (χ2v) is 8.41. The molecule has 2 N–H and O–H groups in total. The number of aromatic carboxylic acids is 1. The standard InChI is InChI=1S/C27H19ClF2N2O4/c28-21-11-12-22(29)24(25(21)30)18-8-13-23(32(36)15-18)20(14-16-4-2-1-3-5-16)26(33)31-19-9-6-17(7-10-19)27(34)35/h1-13,15,20H,14H2,(H,31,33)(H,34,35). The molecule has 3 aromatic carbocycles. The number of carboxylic acid groups (broad SMARTS) is 1. The number of pyridine rings is 1. The Hall–Kier alpha value is -4.30. The lowest BCUT2D eigenvalue weighted by Gasteiger charge is -2.18. The van der Waals surface area contributed by atoms with Crippen molar-refractivity contribution in [2.24, 2.45) is 0 Å². The molecule has 0 radical (unpaired) electrons. The average Bonchev–Trinajstić information content (AvgIpc) is 2.86. The number of carboxylic acids is 1. The smallest absolute Gasteiger partial charge is 0.335 e. The van der Waals surface area contributed by atoms with E-state index in [2.05, 4.69) is 5.32 Å². The van der Waals surface area contributed by atoms with Crippen LogP contribution in [-0.2, 0) is 11.2 Å². The van der Waals surface area contributed by atoms with Gasteiger partial charge in [0.1, 0.15) is 11.7 Å². The van der Waals surface area contributed by atoms with E-state index < -0.39 is 35.0 Å². The number of carbonyl (C=O) groups excluding carboxylic acids is 1. The number of anilines is 1. The van der Waals surface area contributed by atoms with Crippen LogP contribution in [0.4, 0.5) is 14.5 Å². The number of aromatic nitrogens is 1. The van der Waals surface area contributed by atoms with Gasteiger partial charge in [-0.3, -0.25) is 4.79 Å². The minimum absolute atomic E-state index is 0.0330. The minimum Gasteiger partial charge on any atom is -0.618 e. The zero-order valence-corrected chi connectivity index (χ0v) is 19.4. The maximum absolute atomic E-state index is 14.5. The molecule has 0 saturated heterocycles.